The first-order valence-corrected chi connectivity index (χ1v) is 11.8. The fraction of sp³-hybridized carbons (Fsp3) is 1.00. The molecule has 0 spiro atoms. The van der Waals surface area contributed by atoms with Crippen LogP contribution in [0.5, 0.6) is 0 Å². The van der Waals surface area contributed by atoms with Crippen molar-refractivity contribution in [1.82, 2.24) is 0 Å². The lowest BCUT2D eigenvalue weighted by Gasteiger charge is -2.17. The molecule has 0 atom stereocenters. The van der Waals surface area contributed by atoms with Crippen molar-refractivity contribution < 1.29 is 8.85 Å². The van der Waals surface area contributed by atoms with Gasteiger partial charge in [-0.25, -0.2) is 0 Å². The van der Waals surface area contributed by atoms with E-state index in [0.717, 1.165) is 26.1 Å². The largest absolute Gasteiger partial charge is 0.476 e. The summed E-state index contributed by atoms with van der Waals surface area (Å²) in [4.78, 5) is 0. The average Bonchev–Trinajstić information content (AvgIpc) is 1.97. The molecule has 0 aliphatic heterocycles. The van der Waals surface area contributed by atoms with Crippen LogP contribution in [-0.2, 0) is 8.85 Å². The Morgan fingerprint density at radius 3 is 1.64 bits per heavy atom. The minimum atomic E-state index is -1.81. The third kappa shape index (κ3) is 7.94. The van der Waals surface area contributed by atoms with Gasteiger partial charge >= 0.3 is 3.55 Å². The van der Waals surface area contributed by atoms with Gasteiger partial charge in [-0.1, -0.05) is 13.8 Å². The quantitative estimate of drug-likeness (QED) is 0.388. The van der Waals surface area contributed by atoms with Gasteiger partial charge in [-0.05, 0) is 56.4 Å². The zero-order chi connectivity index (χ0) is 8.74. The molecule has 0 unspecified atom stereocenters. The lowest BCUT2D eigenvalue weighted by Crippen LogP contribution is -2.28. The topological polar surface area (TPSA) is 18.5 Å². The van der Waals surface area contributed by atoms with Crippen LogP contribution in [0, 0.1) is 0 Å². The summed E-state index contributed by atoms with van der Waals surface area (Å²) in [7, 11) is 0. The Kier molecular flexibility index (Phi) is 8.07. The second-order valence-corrected chi connectivity index (χ2v) is 18.4. The zero-order valence-electron chi connectivity index (χ0n) is 6.90. The van der Waals surface area contributed by atoms with E-state index in [0.29, 0.717) is 0 Å². The Balaban J connectivity index is 3.43. The smallest absolute Gasteiger partial charge is 0.380 e. The van der Waals surface area contributed by atoms with Gasteiger partial charge in [-0.2, -0.15) is 0 Å². The molecule has 11 heavy (non-hydrogen) atoms. The molecule has 5 heteroatoms. The molecule has 0 rings (SSSR count). The Morgan fingerprint density at radius 1 is 1.00 bits per heavy atom. The first-order valence-electron chi connectivity index (χ1n) is 3.78. The van der Waals surface area contributed by atoms with Crippen molar-refractivity contribution in [2.45, 2.75) is 26.7 Å². The highest BCUT2D eigenvalue weighted by Crippen LogP contribution is 2.24. The highest BCUT2D eigenvalue weighted by atomic mass is 127. The van der Waals surface area contributed by atoms with Crippen molar-refractivity contribution in [2.75, 3.05) is 13.2 Å². The molecule has 0 saturated heterocycles. The van der Waals surface area contributed by atoms with Crippen LogP contribution in [0.1, 0.15) is 26.7 Å². The predicted octanol–water partition coefficient (Wildman–Crippen LogP) is 3.15. The van der Waals surface area contributed by atoms with E-state index in [4.69, 9.17) is 8.85 Å². The fourth-order valence-electron chi connectivity index (χ4n) is 0.483. The number of rotatable bonds is 6. The molecule has 0 saturated carbocycles. The van der Waals surface area contributed by atoms with Gasteiger partial charge in [0.2, 0.25) is 0 Å². The van der Waals surface area contributed by atoms with Gasteiger partial charge in [0.25, 0.3) is 0 Å². The standard InChI is InChI=1S/C6H14I2O2Si/c1-3-5-9-11(7,8)10-6-4-2/h3-6H2,1-2H3. The summed E-state index contributed by atoms with van der Waals surface area (Å²) in [6.45, 7) is 5.86. The van der Waals surface area contributed by atoms with E-state index in [2.05, 4.69) is 57.4 Å². The number of halogens is 2. The van der Waals surface area contributed by atoms with Crippen molar-refractivity contribution in [1.29, 1.82) is 0 Å². The molecule has 0 aliphatic rings. The molecule has 0 radical (unpaired) electrons. The minimum Gasteiger partial charge on any atom is -0.380 e. The number of hydrogen-bond donors (Lipinski definition) is 0. The molecular formula is C6H14I2O2Si. The lowest BCUT2D eigenvalue weighted by molar-refractivity contribution is 0.215. The van der Waals surface area contributed by atoms with Gasteiger partial charge in [0.15, 0.2) is 0 Å². The maximum Gasteiger partial charge on any atom is 0.476 e. The molecule has 0 aromatic carbocycles. The van der Waals surface area contributed by atoms with Gasteiger partial charge in [-0.3, -0.25) is 0 Å². The summed E-state index contributed by atoms with van der Waals surface area (Å²) in [6, 6.07) is 0. The van der Waals surface area contributed by atoms with Crippen molar-refractivity contribution in [2.24, 2.45) is 0 Å². The second kappa shape index (κ2) is 7.04. The van der Waals surface area contributed by atoms with Crippen LogP contribution in [0.2, 0.25) is 0 Å². The summed E-state index contributed by atoms with van der Waals surface area (Å²) < 4.78 is 9.34. The Morgan fingerprint density at radius 2 is 1.36 bits per heavy atom. The molecule has 0 amide bonds. The highest BCUT2D eigenvalue weighted by molar-refractivity contribution is 14.3. The molecule has 0 N–H and O–H groups in total. The van der Waals surface area contributed by atoms with Gasteiger partial charge < -0.3 is 8.85 Å². The maximum absolute atomic E-state index is 5.57. The molecule has 2 nitrogen and oxygen atoms in total. The van der Waals surface area contributed by atoms with E-state index in [-0.39, 0.29) is 0 Å². The van der Waals surface area contributed by atoms with Gasteiger partial charge in [0.05, 0.1) is 0 Å². The van der Waals surface area contributed by atoms with E-state index in [1.165, 1.54) is 0 Å². The van der Waals surface area contributed by atoms with Crippen LogP contribution in [0.15, 0.2) is 0 Å². The van der Waals surface area contributed by atoms with Crippen molar-refractivity contribution in [3.63, 3.8) is 0 Å². The van der Waals surface area contributed by atoms with Crippen LogP contribution < -0.4 is 0 Å². The van der Waals surface area contributed by atoms with Crippen LogP contribution >= 0.6 is 43.6 Å². The Bertz CT molecular complexity index is 90.6. The van der Waals surface area contributed by atoms with Crippen LogP contribution in [-0.4, -0.2) is 16.8 Å². The Labute approximate surface area is 95.1 Å². The van der Waals surface area contributed by atoms with E-state index in [1.54, 1.807) is 0 Å². The second-order valence-electron chi connectivity index (χ2n) is 2.16. The van der Waals surface area contributed by atoms with E-state index < -0.39 is 3.55 Å². The van der Waals surface area contributed by atoms with Gasteiger partial charge in [-0.15, -0.1) is 0 Å². The van der Waals surface area contributed by atoms with Crippen molar-refractivity contribution in [3.05, 3.63) is 0 Å². The third-order valence-corrected chi connectivity index (χ3v) is 5.77. The van der Waals surface area contributed by atoms with Gasteiger partial charge in [0.1, 0.15) is 0 Å². The summed E-state index contributed by atoms with van der Waals surface area (Å²) in [6.07, 6.45) is 2.13. The number of hydrogen-bond acceptors (Lipinski definition) is 2. The van der Waals surface area contributed by atoms with Crippen LogP contribution in [0.3, 0.4) is 0 Å². The monoisotopic (exact) mass is 400 g/mol. The van der Waals surface area contributed by atoms with Crippen molar-refractivity contribution in [3.8, 4) is 0 Å². The average molecular weight is 400 g/mol. The first-order chi connectivity index (χ1) is 5.12. The van der Waals surface area contributed by atoms with Crippen LogP contribution in [0.4, 0.5) is 0 Å². The molecule has 0 aromatic rings. The van der Waals surface area contributed by atoms with Gasteiger partial charge in [0, 0.05) is 13.2 Å². The molecule has 0 aromatic heterocycles. The molecule has 0 bridgehead atoms. The molecule has 0 fully saturated rings. The first kappa shape index (κ1) is 12.6. The zero-order valence-corrected chi connectivity index (χ0v) is 12.2. The van der Waals surface area contributed by atoms with Crippen molar-refractivity contribution >= 4 is 47.1 Å². The Hall–Kier alpha value is 1.60. The lowest BCUT2D eigenvalue weighted by atomic mass is 10.5. The summed E-state index contributed by atoms with van der Waals surface area (Å²) in [5.41, 5.74) is 0. The predicted molar refractivity (Wildman–Crippen MR) is 66.3 cm³/mol. The van der Waals surface area contributed by atoms with E-state index >= 15 is 0 Å². The fourth-order valence-corrected chi connectivity index (χ4v) is 4.09. The molecule has 0 aliphatic carbocycles. The summed E-state index contributed by atoms with van der Waals surface area (Å²) >= 11 is 4.61. The summed E-state index contributed by atoms with van der Waals surface area (Å²) in [5, 5.41) is 0. The summed E-state index contributed by atoms with van der Waals surface area (Å²) in [5.74, 6) is 0. The van der Waals surface area contributed by atoms with Crippen LogP contribution in [0.25, 0.3) is 0 Å². The molecule has 68 valence electrons. The minimum absolute atomic E-state index is 0.821. The normalized spacial score (nSPS) is 12.0. The third-order valence-electron chi connectivity index (χ3n) is 0.948. The SMILES string of the molecule is CCCO[Si](I)(I)OCCC. The molecular weight excluding hydrogens is 386 g/mol. The van der Waals surface area contributed by atoms with E-state index in [1.807, 2.05) is 0 Å². The molecule has 0 heterocycles. The van der Waals surface area contributed by atoms with E-state index in [9.17, 15) is 0 Å². The highest BCUT2D eigenvalue weighted by Gasteiger charge is 2.30. The maximum atomic E-state index is 5.57.